The van der Waals surface area contributed by atoms with Crippen molar-refractivity contribution in [2.75, 3.05) is 18.5 Å². The summed E-state index contributed by atoms with van der Waals surface area (Å²) in [5.74, 6) is 1.35. The summed E-state index contributed by atoms with van der Waals surface area (Å²) in [5, 5.41) is 1.82. The molecule has 2 rings (SSSR count). The highest BCUT2D eigenvalue weighted by Crippen LogP contribution is 2.29. The fourth-order valence-electron chi connectivity index (χ4n) is 1.82. The van der Waals surface area contributed by atoms with Crippen molar-refractivity contribution >= 4 is 27.5 Å². The second-order valence-electron chi connectivity index (χ2n) is 4.80. The zero-order valence-electron chi connectivity index (χ0n) is 9.87. The highest BCUT2D eigenvalue weighted by atomic mass is 79.9. The Kier molecular flexibility index (Phi) is 5.33. The molecule has 1 aromatic rings. The number of benzene rings is 1. The van der Waals surface area contributed by atoms with E-state index in [4.69, 9.17) is 16.3 Å². The van der Waals surface area contributed by atoms with Crippen molar-refractivity contribution in [1.29, 1.82) is 0 Å². The van der Waals surface area contributed by atoms with Gasteiger partial charge in [-0.15, -0.1) is 0 Å². The Morgan fingerprint density at radius 3 is 2.76 bits per heavy atom. The molecular formula is C14H18BrClO. The summed E-state index contributed by atoms with van der Waals surface area (Å²) in [5.41, 5.74) is 1.22. The lowest BCUT2D eigenvalue weighted by Gasteiger charge is -2.15. The van der Waals surface area contributed by atoms with E-state index in [1.54, 1.807) is 0 Å². The van der Waals surface area contributed by atoms with Gasteiger partial charge in [-0.2, -0.15) is 0 Å². The first-order chi connectivity index (χ1) is 8.29. The van der Waals surface area contributed by atoms with Gasteiger partial charge >= 0.3 is 0 Å². The summed E-state index contributed by atoms with van der Waals surface area (Å²) in [7, 11) is 0. The zero-order valence-corrected chi connectivity index (χ0v) is 12.2. The molecule has 1 saturated carbocycles. The topological polar surface area (TPSA) is 9.23 Å². The summed E-state index contributed by atoms with van der Waals surface area (Å²) >= 11 is 9.72. The van der Waals surface area contributed by atoms with Crippen LogP contribution in [-0.2, 0) is 11.2 Å². The number of ether oxygens (including phenoxy) is 1. The fraction of sp³-hybridized carbons (Fsp3) is 0.571. The maximum absolute atomic E-state index is 6.16. The Morgan fingerprint density at radius 2 is 2.12 bits per heavy atom. The van der Waals surface area contributed by atoms with Crippen LogP contribution >= 0.6 is 27.5 Å². The van der Waals surface area contributed by atoms with E-state index in [2.05, 4.69) is 22.0 Å². The van der Waals surface area contributed by atoms with Gasteiger partial charge in [-0.3, -0.25) is 0 Å². The lowest BCUT2D eigenvalue weighted by atomic mass is 10.0. The molecule has 94 valence electrons. The normalized spacial score (nSPS) is 17.1. The van der Waals surface area contributed by atoms with Crippen LogP contribution < -0.4 is 0 Å². The van der Waals surface area contributed by atoms with Crippen LogP contribution in [0.15, 0.2) is 24.3 Å². The molecule has 0 N–H and O–H groups in total. The van der Waals surface area contributed by atoms with Crippen LogP contribution in [0.3, 0.4) is 0 Å². The molecule has 1 nitrogen and oxygen atoms in total. The Hall–Kier alpha value is -0.0500. The lowest BCUT2D eigenvalue weighted by molar-refractivity contribution is 0.0979. The fourth-order valence-corrected chi connectivity index (χ4v) is 2.45. The van der Waals surface area contributed by atoms with E-state index in [1.165, 1.54) is 18.4 Å². The highest BCUT2D eigenvalue weighted by molar-refractivity contribution is 9.09. The third kappa shape index (κ3) is 4.61. The largest absolute Gasteiger partial charge is 0.381 e. The van der Waals surface area contributed by atoms with Gasteiger partial charge in [0.25, 0.3) is 0 Å². The maximum Gasteiger partial charge on any atom is 0.0505 e. The molecule has 0 heterocycles. The SMILES string of the molecule is Clc1ccccc1CC(CBr)COCC1CC1. The standard InChI is InChI=1S/C14H18BrClO/c15-8-12(10-17-9-11-5-6-11)7-13-3-1-2-4-14(13)16/h1-4,11-12H,5-10H2. The van der Waals surface area contributed by atoms with Gasteiger partial charge in [0.15, 0.2) is 0 Å². The maximum atomic E-state index is 6.16. The first-order valence-electron chi connectivity index (χ1n) is 6.16. The number of alkyl halides is 1. The molecule has 1 aromatic carbocycles. The average molecular weight is 318 g/mol. The van der Waals surface area contributed by atoms with Gasteiger partial charge in [0.05, 0.1) is 6.61 Å². The van der Waals surface area contributed by atoms with E-state index < -0.39 is 0 Å². The molecule has 0 bridgehead atoms. The molecule has 1 aliphatic carbocycles. The molecule has 1 unspecified atom stereocenters. The van der Waals surface area contributed by atoms with E-state index in [9.17, 15) is 0 Å². The van der Waals surface area contributed by atoms with Crippen molar-refractivity contribution in [3.8, 4) is 0 Å². The van der Waals surface area contributed by atoms with Crippen LogP contribution in [0.2, 0.25) is 5.02 Å². The van der Waals surface area contributed by atoms with Crippen molar-refractivity contribution < 1.29 is 4.74 Å². The van der Waals surface area contributed by atoms with Crippen LogP contribution in [0.4, 0.5) is 0 Å². The van der Waals surface area contributed by atoms with Gasteiger partial charge in [-0.25, -0.2) is 0 Å². The smallest absolute Gasteiger partial charge is 0.0505 e. The second-order valence-corrected chi connectivity index (χ2v) is 5.85. The van der Waals surface area contributed by atoms with Crippen molar-refractivity contribution in [2.45, 2.75) is 19.3 Å². The molecule has 0 spiro atoms. The van der Waals surface area contributed by atoms with Crippen LogP contribution in [0, 0.1) is 11.8 Å². The molecule has 1 aliphatic rings. The van der Waals surface area contributed by atoms with E-state index >= 15 is 0 Å². The number of hydrogen-bond acceptors (Lipinski definition) is 1. The number of rotatable bonds is 7. The van der Waals surface area contributed by atoms with Crippen LogP contribution in [0.5, 0.6) is 0 Å². The van der Waals surface area contributed by atoms with Crippen molar-refractivity contribution in [2.24, 2.45) is 11.8 Å². The first kappa shape index (κ1) is 13.4. The molecule has 3 heteroatoms. The molecule has 1 fully saturated rings. The quantitative estimate of drug-likeness (QED) is 0.681. The summed E-state index contributed by atoms with van der Waals surface area (Å²) in [4.78, 5) is 0. The van der Waals surface area contributed by atoms with Gasteiger partial charge in [-0.05, 0) is 42.7 Å². The summed E-state index contributed by atoms with van der Waals surface area (Å²) < 4.78 is 5.75. The van der Waals surface area contributed by atoms with Gasteiger partial charge in [0.2, 0.25) is 0 Å². The predicted octanol–water partition coefficient (Wildman–Crippen LogP) is 4.32. The highest BCUT2D eigenvalue weighted by Gasteiger charge is 2.21. The summed E-state index contributed by atoms with van der Waals surface area (Å²) in [6.07, 6.45) is 3.68. The minimum Gasteiger partial charge on any atom is -0.381 e. The molecule has 0 aliphatic heterocycles. The number of hydrogen-bond donors (Lipinski definition) is 0. The van der Waals surface area contributed by atoms with Gasteiger partial charge in [-0.1, -0.05) is 45.7 Å². The molecule has 0 radical (unpaired) electrons. The van der Waals surface area contributed by atoms with Crippen molar-refractivity contribution in [1.82, 2.24) is 0 Å². The molecule has 0 amide bonds. The molecule has 17 heavy (non-hydrogen) atoms. The van der Waals surface area contributed by atoms with Crippen LogP contribution in [0.25, 0.3) is 0 Å². The second kappa shape index (κ2) is 6.77. The third-order valence-electron chi connectivity index (χ3n) is 3.09. The van der Waals surface area contributed by atoms with E-state index in [0.29, 0.717) is 5.92 Å². The van der Waals surface area contributed by atoms with Gasteiger partial charge in [0.1, 0.15) is 0 Å². The predicted molar refractivity (Wildman–Crippen MR) is 76.0 cm³/mol. The minimum atomic E-state index is 0.508. The third-order valence-corrected chi connectivity index (χ3v) is 4.37. The van der Waals surface area contributed by atoms with Crippen molar-refractivity contribution in [3.05, 3.63) is 34.9 Å². The zero-order chi connectivity index (χ0) is 12.1. The molecule has 1 atom stereocenters. The van der Waals surface area contributed by atoms with Crippen LogP contribution in [0.1, 0.15) is 18.4 Å². The van der Waals surface area contributed by atoms with Crippen molar-refractivity contribution in [3.63, 3.8) is 0 Å². The van der Waals surface area contributed by atoms with E-state index in [1.807, 2.05) is 18.2 Å². The Labute approximate surface area is 117 Å². The number of halogens is 2. The first-order valence-corrected chi connectivity index (χ1v) is 7.66. The lowest BCUT2D eigenvalue weighted by Crippen LogP contribution is -2.15. The molecule has 0 saturated heterocycles. The Morgan fingerprint density at radius 1 is 1.35 bits per heavy atom. The Bertz CT molecular complexity index is 352. The van der Waals surface area contributed by atoms with Crippen LogP contribution in [-0.4, -0.2) is 18.5 Å². The monoisotopic (exact) mass is 316 g/mol. The van der Waals surface area contributed by atoms with Gasteiger partial charge in [0, 0.05) is 17.0 Å². The van der Waals surface area contributed by atoms with Gasteiger partial charge < -0.3 is 4.74 Å². The van der Waals surface area contributed by atoms with E-state index in [-0.39, 0.29) is 0 Å². The molecular weight excluding hydrogens is 300 g/mol. The Balaban J connectivity index is 1.79. The summed E-state index contributed by atoms with van der Waals surface area (Å²) in [6.45, 7) is 1.76. The minimum absolute atomic E-state index is 0.508. The van der Waals surface area contributed by atoms with E-state index in [0.717, 1.165) is 35.9 Å². The molecule has 0 aromatic heterocycles. The average Bonchev–Trinajstić information content (AvgIpc) is 3.14. The summed E-state index contributed by atoms with van der Waals surface area (Å²) in [6, 6.07) is 8.06.